The van der Waals surface area contributed by atoms with E-state index < -0.39 is 0 Å². The fourth-order valence-corrected chi connectivity index (χ4v) is 3.76. The predicted octanol–water partition coefficient (Wildman–Crippen LogP) is 1.67. The molecule has 4 rings (SSSR count). The number of carbonyl (C=O) groups is 1. The van der Waals surface area contributed by atoms with Crippen LogP contribution in [0.3, 0.4) is 0 Å². The van der Waals surface area contributed by atoms with E-state index in [1.807, 2.05) is 53.4 Å². The van der Waals surface area contributed by atoms with Crippen LogP contribution < -0.4 is 9.64 Å². The van der Waals surface area contributed by atoms with Crippen LogP contribution in [-0.4, -0.2) is 43.5 Å². The van der Waals surface area contributed by atoms with Crippen molar-refractivity contribution in [3.63, 3.8) is 0 Å². The minimum absolute atomic E-state index is 0.202. The number of ether oxygens (including phenoxy) is 1. The number of benzene rings is 2. The second-order valence-corrected chi connectivity index (χ2v) is 6.54. The second kappa shape index (κ2) is 6.29. The summed E-state index contributed by atoms with van der Waals surface area (Å²) in [6.45, 7) is 7.08. The van der Waals surface area contributed by atoms with Crippen LogP contribution in [0.2, 0.25) is 0 Å². The van der Waals surface area contributed by atoms with Crippen molar-refractivity contribution >= 4 is 5.91 Å². The van der Waals surface area contributed by atoms with Gasteiger partial charge in [-0.3, -0.25) is 4.79 Å². The van der Waals surface area contributed by atoms with Crippen LogP contribution in [-0.2, 0) is 4.79 Å². The number of fused-ring (bicyclic) bond motifs is 2. The zero-order chi connectivity index (χ0) is 16.5. The highest BCUT2D eigenvalue weighted by Gasteiger charge is 2.36. The Hall–Kier alpha value is -2.33. The molecule has 1 saturated heterocycles. The molecule has 0 aliphatic carbocycles. The molecule has 1 amide bonds. The van der Waals surface area contributed by atoms with Gasteiger partial charge in [-0.2, -0.15) is 0 Å². The lowest BCUT2D eigenvalue weighted by Crippen LogP contribution is -3.14. The van der Waals surface area contributed by atoms with Crippen molar-refractivity contribution in [2.75, 3.05) is 32.7 Å². The maximum atomic E-state index is 13.3. The summed E-state index contributed by atoms with van der Waals surface area (Å²) in [7, 11) is 0. The van der Waals surface area contributed by atoms with E-state index in [0.29, 0.717) is 0 Å². The van der Waals surface area contributed by atoms with Crippen molar-refractivity contribution in [1.82, 2.24) is 4.90 Å². The Morgan fingerprint density at radius 3 is 2.12 bits per heavy atom. The number of likely N-dealkylation sites (N-methyl/N-ethyl adjacent to an activating group) is 1. The highest BCUT2D eigenvalue weighted by molar-refractivity contribution is 5.89. The van der Waals surface area contributed by atoms with Crippen molar-refractivity contribution < 1.29 is 14.4 Å². The van der Waals surface area contributed by atoms with Crippen LogP contribution in [0.25, 0.3) is 0 Å². The molecule has 0 aromatic heterocycles. The summed E-state index contributed by atoms with van der Waals surface area (Å²) in [5.41, 5.74) is 1.96. The minimum atomic E-state index is -0.255. The zero-order valence-electron chi connectivity index (χ0n) is 14.0. The molecule has 0 spiro atoms. The number of quaternary nitrogens is 1. The molecule has 0 saturated carbocycles. The van der Waals surface area contributed by atoms with Crippen LogP contribution in [0.15, 0.2) is 48.5 Å². The van der Waals surface area contributed by atoms with E-state index in [9.17, 15) is 4.79 Å². The molecular weight excluding hydrogens is 300 g/mol. The summed E-state index contributed by atoms with van der Waals surface area (Å²) < 4.78 is 6.00. The van der Waals surface area contributed by atoms with Gasteiger partial charge in [-0.15, -0.1) is 0 Å². The number of piperazine rings is 1. The number of nitrogens with one attached hydrogen (secondary N) is 1. The summed E-state index contributed by atoms with van der Waals surface area (Å²) >= 11 is 0. The van der Waals surface area contributed by atoms with Gasteiger partial charge in [0.15, 0.2) is 0 Å². The Labute approximate surface area is 142 Å². The van der Waals surface area contributed by atoms with Crippen molar-refractivity contribution in [2.45, 2.75) is 12.8 Å². The van der Waals surface area contributed by atoms with E-state index in [1.54, 1.807) is 4.90 Å². The first-order valence-corrected chi connectivity index (χ1v) is 8.76. The van der Waals surface area contributed by atoms with Gasteiger partial charge in [-0.25, -0.2) is 0 Å². The van der Waals surface area contributed by atoms with E-state index in [0.717, 1.165) is 55.3 Å². The van der Waals surface area contributed by atoms with Gasteiger partial charge in [0.1, 0.15) is 11.5 Å². The van der Waals surface area contributed by atoms with Crippen LogP contribution in [0.5, 0.6) is 11.5 Å². The van der Waals surface area contributed by atoms with Gasteiger partial charge >= 0.3 is 0 Å². The first kappa shape index (κ1) is 15.2. The van der Waals surface area contributed by atoms with E-state index in [4.69, 9.17) is 4.74 Å². The summed E-state index contributed by atoms with van der Waals surface area (Å²) in [6, 6.07) is 15.8. The second-order valence-electron chi connectivity index (χ2n) is 6.54. The fraction of sp³-hybridized carbons (Fsp3) is 0.350. The Kier molecular flexibility index (Phi) is 3.98. The molecular formula is C20H23N2O2+. The van der Waals surface area contributed by atoms with Gasteiger partial charge in [0, 0.05) is 11.1 Å². The summed E-state index contributed by atoms with van der Waals surface area (Å²) in [6.07, 6.45) is 0. The average Bonchev–Trinajstić information content (AvgIpc) is 2.65. The van der Waals surface area contributed by atoms with Crippen molar-refractivity contribution in [2.24, 2.45) is 0 Å². The molecule has 2 aromatic rings. The third-order valence-electron chi connectivity index (χ3n) is 5.21. The highest BCUT2D eigenvalue weighted by Crippen LogP contribution is 2.44. The van der Waals surface area contributed by atoms with Crippen LogP contribution in [0.4, 0.5) is 0 Å². The lowest BCUT2D eigenvalue weighted by molar-refractivity contribution is -0.902. The van der Waals surface area contributed by atoms with Gasteiger partial charge in [0.05, 0.1) is 38.6 Å². The Morgan fingerprint density at radius 2 is 1.58 bits per heavy atom. The molecule has 4 heteroatoms. The smallest absolute Gasteiger partial charge is 0.235 e. The maximum Gasteiger partial charge on any atom is 0.235 e. The number of hydrogen-bond acceptors (Lipinski definition) is 2. The first-order chi connectivity index (χ1) is 11.8. The average molecular weight is 323 g/mol. The number of amides is 1. The van der Waals surface area contributed by atoms with Gasteiger partial charge in [0.25, 0.3) is 0 Å². The van der Waals surface area contributed by atoms with Crippen LogP contribution >= 0.6 is 0 Å². The van der Waals surface area contributed by atoms with Crippen molar-refractivity contribution in [3.8, 4) is 11.5 Å². The standard InChI is InChI=1S/C20H22N2O2/c1-2-21-11-13-22(14-12-21)20(23)19-15-7-3-5-9-17(15)24-18-10-6-4-8-16(18)19/h3-10,19H,2,11-14H2,1H3/p+1. The normalized spacial score (nSPS) is 17.8. The molecule has 0 atom stereocenters. The molecule has 2 heterocycles. The molecule has 1 fully saturated rings. The van der Waals surface area contributed by atoms with Gasteiger partial charge in [-0.05, 0) is 19.1 Å². The van der Waals surface area contributed by atoms with Crippen molar-refractivity contribution in [3.05, 3.63) is 59.7 Å². The monoisotopic (exact) mass is 323 g/mol. The molecule has 2 aliphatic rings. The Morgan fingerprint density at radius 1 is 1.04 bits per heavy atom. The zero-order valence-corrected chi connectivity index (χ0v) is 14.0. The topological polar surface area (TPSA) is 34.0 Å². The fourth-order valence-electron chi connectivity index (χ4n) is 3.76. The van der Waals surface area contributed by atoms with Gasteiger partial charge in [0.2, 0.25) is 5.91 Å². The van der Waals surface area contributed by atoms with Crippen LogP contribution in [0, 0.1) is 0 Å². The predicted molar refractivity (Wildman–Crippen MR) is 92.6 cm³/mol. The SMILES string of the molecule is CC[NH+]1CCN(C(=O)C2c3ccccc3Oc3ccccc32)CC1. The number of carbonyl (C=O) groups excluding carboxylic acids is 1. The number of nitrogens with zero attached hydrogens (tertiary/aromatic N) is 1. The largest absolute Gasteiger partial charge is 0.457 e. The molecule has 4 nitrogen and oxygen atoms in total. The quantitative estimate of drug-likeness (QED) is 0.912. The summed E-state index contributed by atoms with van der Waals surface area (Å²) in [5, 5.41) is 0. The van der Waals surface area contributed by atoms with Gasteiger partial charge < -0.3 is 14.5 Å². The first-order valence-electron chi connectivity index (χ1n) is 8.76. The molecule has 0 unspecified atom stereocenters. The number of rotatable bonds is 2. The molecule has 1 N–H and O–H groups in total. The lowest BCUT2D eigenvalue weighted by atomic mass is 9.86. The Bertz CT molecular complexity index is 705. The molecule has 24 heavy (non-hydrogen) atoms. The van der Waals surface area contributed by atoms with E-state index in [-0.39, 0.29) is 11.8 Å². The molecule has 2 aliphatic heterocycles. The maximum absolute atomic E-state index is 13.3. The van der Waals surface area contributed by atoms with E-state index in [1.165, 1.54) is 0 Å². The minimum Gasteiger partial charge on any atom is -0.457 e. The lowest BCUT2D eigenvalue weighted by Gasteiger charge is -2.35. The third kappa shape index (κ3) is 2.57. The molecule has 124 valence electrons. The number of hydrogen-bond donors (Lipinski definition) is 1. The number of para-hydroxylation sites is 2. The summed E-state index contributed by atoms with van der Waals surface area (Å²) in [4.78, 5) is 16.9. The highest BCUT2D eigenvalue weighted by atomic mass is 16.5. The van der Waals surface area contributed by atoms with E-state index >= 15 is 0 Å². The van der Waals surface area contributed by atoms with E-state index in [2.05, 4.69) is 6.92 Å². The Balaban J connectivity index is 1.68. The molecule has 2 aromatic carbocycles. The molecule has 0 radical (unpaired) electrons. The van der Waals surface area contributed by atoms with Crippen molar-refractivity contribution in [1.29, 1.82) is 0 Å². The molecule has 0 bridgehead atoms. The third-order valence-corrected chi connectivity index (χ3v) is 5.21. The van der Waals surface area contributed by atoms with Crippen LogP contribution in [0.1, 0.15) is 24.0 Å². The van der Waals surface area contributed by atoms with Gasteiger partial charge in [-0.1, -0.05) is 36.4 Å². The summed E-state index contributed by atoms with van der Waals surface area (Å²) in [5.74, 6) is 1.54.